The Morgan fingerprint density at radius 3 is 2.72 bits per heavy atom. The van der Waals surface area contributed by atoms with Gasteiger partial charge in [-0.25, -0.2) is 4.68 Å². The number of para-hydroxylation sites is 1. The summed E-state index contributed by atoms with van der Waals surface area (Å²) in [6.07, 6.45) is 3.11. The standard InChI is InChI=1S/C20H23N3O2/c1-16(17-7-5-8-18(13-17)23-12-6-11-22-23)21-14-19(24)15-25-20-9-3-2-4-10-20/h2-13,16,19,21,24H,14-15H2,1H3. The van der Waals surface area contributed by atoms with Gasteiger partial charge in [0, 0.05) is 25.0 Å². The summed E-state index contributed by atoms with van der Waals surface area (Å²) in [4.78, 5) is 0. The quantitative estimate of drug-likeness (QED) is 0.663. The van der Waals surface area contributed by atoms with Crippen LogP contribution in [0.3, 0.4) is 0 Å². The predicted octanol–water partition coefficient (Wildman–Crippen LogP) is 2.96. The van der Waals surface area contributed by atoms with Gasteiger partial charge >= 0.3 is 0 Å². The molecule has 0 aliphatic rings. The Morgan fingerprint density at radius 2 is 1.96 bits per heavy atom. The molecule has 2 unspecified atom stereocenters. The summed E-state index contributed by atoms with van der Waals surface area (Å²) in [5.41, 5.74) is 2.16. The molecule has 0 spiro atoms. The summed E-state index contributed by atoms with van der Waals surface area (Å²) in [6.45, 7) is 2.80. The van der Waals surface area contributed by atoms with Crippen LogP contribution in [0.5, 0.6) is 5.75 Å². The van der Waals surface area contributed by atoms with Crippen molar-refractivity contribution in [2.24, 2.45) is 0 Å². The molecule has 0 fully saturated rings. The average Bonchev–Trinajstić information content (AvgIpc) is 3.20. The molecule has 130 valence electrons. The van der Waals surface area contributed by atoms with E-state index in [1.165, 1.54) is 0 Å². The van der Waals surface area contributed by atoms with Crippen LogP contribution in [0.1, 0.15) is 18.5 Å². The molecule has 0 aliphatic heterocycles. The molecule has 0 amide bonds. The smallest absolute Gasteiger partial charge is 0.119 e. The molecule has 2 aromatic carbocycles. The maximum Gasteiger partial charge on any atom is 0.119 e. The van der Waals surface area contributed by atoms with Crippen LogP contribution in [0.15, 0.2) is 73.1 Å². The summed E-state index contributed by atoms with van der Waals surface area (Å²) in [7, 11) is 0. The molecular weight excluding hydrogens is 314 g/mol. The molecule has 0 saturated heterocycles. The molecular formula is C20H23N3O2. The van der Waals surface area contributed by atoms with Crippen molar-refractivity contribution >= 4 is 0 Å². The van der Waals surface area contributed by atoms with Gasteiger partial charge in [-0.15, -0.1) is 0 Å². The summed E-state index contributed by atoms with van der Waals surface area (Å²) < 4.78 is 7.40. The minimum absolute atomic E-state index is 0.113. The molecule has 3 aromatic rings. The van der Waals surface area contributed by atoms with Gasteiger partial charge in [0.2, 0.25) is 0 Å². The highest BCUT2D eigenvalue weighted by Gasteiger charge is 2.10. The zero-order chi connectivity index (χ0) is 17.5. The number of nitrogens with one attached hydrogen (secondary N) is 1. The van der Waals surface area contributed by atoms with Gasteiger partial charge in [0.1, 0.15) is 18.5 Å². The van der Waals surface area contributed by atoms with Crippen LogP contribution in [0.4, 0.5) is 0 Å². The minimum atomic E-state index is -0.572. The third kappa shape index (κ3) is 4.92. The van der Waals surface area contributed by atoms with Crippen LogP contribution in [0.25, 0.3) is 5.69 Å². The van der Waals surface area contributed by atoms with Crippen LogP contribution >= 0.6 is 0 Å². The summed E-state index contributed by atoms with van der Waals surface area (Å²) in [5, 5.41) is 17.7. The van der Waals surface area contributed by atoms with E-state index in [2.05, 4.69) is 29.5 Å². The fourth-order valence-corrected chi connectivity index (χ4v) is 2.56. The van der Waals surface area contributed by atoms with Gasteiger partial charge < -0.3 is 15.2 Å². The summed E-state index contributed by atoms with van der Waals surface area (Å²) in [5.74, 6) is 0.765. The molecule has 3 rings (SSSR count). The molecule has 0 aliphatic carbocycles. The lowest BCUT2D eigenvalue weighted by Gasteiger charge is -2.18. The fourth-order valence-electron chi connectivity index (χ4n) is 2.56. The Bertz CT molecular complexity index is 760. The van der Waals surface area contributed by atoms with Gasteiger partial charge in [0.05, 0.1) is 5.69 Å². The van der Waals surface area contributed by atoms with Crippen molar-refractivity contribution < 1.29 is 9.84 Å². The van der Waals surface area contributed by atoms with Crippen LogP contribution < -0.4 is 10.1 Å². The largest absolute Gasteiger partial charge is 0.491 e. The van der Waals surface area contributed by atoms with Crippen LogP contribution in [0, 0.1) is 0 Å². The number of benzene rings is 2. The molecule has 1 heterocycles. The van der Waals surface area contributed by atoms with Crippen LogP contribution in [-0.2, 0) is 0 Å². The highest BCUT2D eigenvalue weighted by Crippen LogP contribution is 2.16. The monoisotopic (exact) mass is 337 g/mol. The Kier molecular flexibility index (Phi) is 5.82. The number of hydrogen-bond acceptors (Lipinski definition) is 4. The van der Waals surface area contributed by atoms with E-state index in [0.29, 0.717) is 6.54 Å². The van der Waals surface area contributed by atoms with E-state index in [1.807, 2.05) is 59.4 Å². The number of aliphatic hydroxyl groups excluding tert-OH is 1. The third-order valence-corrected chi connectivity index (χ3v) is 3.98. The minimum Gasteiger partial charge on any atom is -0.491 e. The molecule has 5 nitrogen and oxygen atoms in total. The molecule has 0 saturated carbocycles. The fraction of sp³-hybridized carbons (Fsp3) is 0.250. The topological polar surface area (TPSA) is 59.3 Å². The van der Waals surface area contributed by atoms with E-state index in [1.54, 1.807) is 6.20 Å². The molecule has 2 N–H and O–H groups in total. The lowest BCUT2D eigenvalue weighted by molar-refractivity contribution is 0.104. The van der Waals surface area contributed by atoms with Crippen molar-refractivity contribution in [3.8, 4) is 11.4 Å². The first-order chi connectivity index (χ1) is 12.2. The van der Waals surface area contributed by atoms with E-state index in [-0.39, 0.29) is 12.6 Å². The van der Waals surface area contributed by atoms with Crippen molar-refractivity contribution in [2.75, 3.05) is 13.2 Å². The second-order valence-electron chi connectivity index (χ2n) is 5.95. The summed E-state index contributed by atoms with van der Waals surface area (Å²) in [6, 6.07) is 19.7. The second-order valence-corrected chi connectivity index (χ2v) is 5.95. The van der Waals surface area contributed by atoms with Crippen molar-refractivity contribution in [1.29, 1.82) is 0 Å². The Hall–Kier alpha value is -2.63. The lowest BCUT2D eigenvalue weighted by atomic mass is 10.1. The van der Waals surface area contributed by atoms with Gasteiger partial charge in [0.15, 0.2) is 0 Å². The number of aromatic nitrogens is 2. The van der Waals surface area contributed by atoms with Crippen LogP contribution in [0.2, 0.25) is 0 Å². The first-order valence-electron chi connectivity index (χ1n) is 8.41. The van der Waals surface area contributed by atoms with E-state index in [0.717, 1.165) is 17.0 Å². The molecule has 25 heavy (non-hydrogen) atoms. The molecule has 0 bridgehead atoms. The molecule has 0 radical (unpaired) electrons. The first kappa shape index (κ1) is 17.2. The number of nitrogens with zero attached hydrogens (tertiary/aromatic N) is 2. The molecule has 2 atom stereocenters. The SMILES string of the molecule is CC(NCC(O)COc1ccccc1)c1cccc(-n2cccn2)c1. The highest BCUT2D eigenvalue weighted by molar-refractivity contribution is 5.36. The van der Waals surface area contributed by atoms with Crippen molar-refractivity contribution in [1.82, 2.24) is 15.1 Å². The van der Waals surface area contributed by atoms with Gasteiger partial charge in [-0.05, 0) is 42.8 Å². The normalized spacial score (nSPS) is 13.4. The van der Waals surface area contributed by atoms with E-state index in [4.69, 9.17) is 4.74 Å². The highest BCUT2D eigenvalue weighted by atomic mass is 16.5. The maximum absolute atomic E-state index is 10.1. The Morgan fingerprint density at radius 1 is 1.12 bits per heavy atom. The van der Waals surface area contributed by atoms with Crippen molar-refractivity contribution in [2.45, 2.75) is 19.1 Å². The second kappa shape index (κ2) is 8.46. The van der Waals surface area contributed by atoms with E-state index in [9.17, 15) is 5.11 Å². The maximum atomic E-state index is 10.1. The Labute approximate surface area is 147 Å². The van der Waals surface area contributed by atoms with Gasteiger partial charge in [0.25, 0.3) is 0 Å². The average molecular weight is 337 g/mol. The first-order valence-corrected chi connectivity index (χ1v) is 8.41. The lowest BCUT2D eigenvalue weighted by Crippen LogP contribution is -2.33. The Balaban J connectivity index is 1.50. The zero-order valence-electron chi connectivity index (χ0n) is 14.2. The number of rotatable bonds is 8. The molecule has 1 aromatic heterocycles. The van der Waals surface area contributed by atoms with Crippen LogP contribution in [-0.4, -0.2) is 34.1 Å². The summed E-state index contributed by atoms with van der Waals surface area (Å²) >= 11 is 0. The molecule has 5 heteroatoms. The number of hydrogen-bond donors (Lipinski definition) is 2. The number of aliphatic hydroxyl groups is 1. The predicted molar refractivity (Wildman–Crippen MR) is 97.9 cm³/mol. The van der Waals surface area contributed by atoms with E-state index < -0.39 is 6.10 Å². The van der Waals surface area contributed by atoms with Crippen molar-refractivity contribution in [3.63, 3.8) is 0 Å². The zero-order valence-corrected chi connectivity index (χ0v) is 14.2. The third-order valence-electron chi connectivity index (χ3n) is 3.98. The van der Waals surface area contributed by atoms with Gasteiger partial charge in [-0.1, -0.05) is 30.3 Å². The van der Waals surface area contributed by atoms with Crippen molar-refractivity contribution in [3.05, 3.63) is 78.6 Å². The number of ether oxygens (including phenoxy) is 1. The van der Waals surface area contributed by atoms with Gasteiger partial charge in [-0.3, -0.25) is 0 Å². The van der Waals surface area contributed by atoms with Gasteiger partial charge in [-0.2, -0.15) is 5.10 Å². The van der Waals surface area contributed by atoms with E-state index >= 15 is 0 Å².